The van der Waals surface area contributed by atoms with Crippen LogP contribution in [0.2, 0.25) is 0 Å². The molecule has 0 amide bonds. The Morgan fingerprint density at radius 1 is 1.40 bits per heavy atom. The Kier molecular flexibility index (Phi) is 4.63. The van der Waals surface area contributed by atoms with Crippen LogP contribution in [0.1, 0.15) is 36.4 Å². The first-order valence-electron chi connectivity index (χ1n) is 5.20. The maximum atomic E-state index is 6.20. The molecule has 15 heavy (non-hydrogen) atoms. The van der Waals surface area contributed by atoms with Gasteiger partial charge in [0.25, 0.3) is 0 Å². The van der Waals surface area contributed by atoms with Crippen LogP contribution in [0.25, 0.3) is 0 Å². The molecule has 0 bridgehead atoms. The molecule has 1 aromatic rings. The summed E-state index contributed by atoms with van der Waals surface area (Å²) < 4.78 is 1.17. The molecule has 0 spiro atoms. The first-order chi connectivity index (χ1) is 6.68. The molecule has 1 saturated carbocycles. The van der Waals surface area contributed by atoms with Gasteiger partial charge < -0.3 is 5.73 Å². The van der Waals surface area contributed by atoms with Gasteiger partial charge in [-0.15, -0.1) is 12.4 Å². The fourth-order valence-electron chi connectivity index (χ4n) is 1.89. The highest BCUT2D eigenvalue weighted by Gasteiger charge is 2.25. The van der Waals surface area contributed by atoms with Crippen molar-refractivity contribution in [3.8, 4) is 0 Å². The third-order valence-electron chi connectivity index (χ3n) is 3.24. The topological polar surface area (TPSA) is 26.0 Å². The van der Waals surface area contributed by atoms with Gasteiger partial charge in [-0.25, -0.2) is 0 Å². The zero-order chi connectivity index (χ0) is 10.1. The van der Waals surface area contributed by atoms with E-state index in [1.165, 1.54) is 34.9 Å². The first kappa shape index (κ1) is 13.0. The van der Waals surface area contributed by atoms with E-state index in [1.807, 2.05) is 0 Å². The summed E-state index contributed by atoms with van der Waals surface area (Å²) in [5.74, 6) is 0.713. The Labute approximate surface area is 106 Å². The van der Waals surface area contributed by atoms with E-state index >= 15 is 0 Å². The van der Waals surface area contributed by atoms with Crippen molar-refractivity contribution in [2.75, 3.05) is 0 Å². The van der Waals surface area contributed by atoms with Crippen LogP contribution in [-0.4, -0.2) is 0 Å². The van der Waals surface area contributed by atoms with E-state index in [-0.39, 0.29) is 18.4 Å². The van der Waals surface area contributed by atoms with E-state index in [0.29, 0.717) is 5.92 Å². The Morgan fingerprint density at radius 3 is 2.53 bits per heavy atom. The van der Waals surface area contributed by atoms with Crippen LogP contribution in [-0.2, 0) is 0 Å². The second-order valence-electron chi connectivity index (χ2n) is 4.23. The number of halogens is 2. The molecule has 1 aromatic carbocycles. The maximum Gasteiger partial charge on any atom is 0.0323 e. The molecule has 0 heterocycles. The summed E-state index contributed by atoms with van der Waals surface area (Å²) in [6.07, 6.45) is 3.95. The largest absolute Gasteiger partial charge is 0.324 e. The average Bonchev–Trinajstić information content (AvgIpc) is 2.06. The molecule has 0 saturated heterocycles. The summed E-state index contributed by atoms with van der Waals surface area (Å²) in [7, 11) is 0. The van der Waals surface area contributed by atoms with Crippen molar-refractivity contribution >= 4 is 28.3 Å². The van der Waals surface area contributed by atoms with Crippen molar-refractivity contribution in [3.63, 3.8) is 0 Å². The number of nitrogens with two attached hydrogens (primary N) is 1. The van der Waals surface area contributed by atoms with Gasteiger partial charge in [0.2, 0.25) is 0 Å². The van der Waals surface area contributed by atoms with Crippen molar-refractivity contribution in [1.29, 1.82) is 0 Å². The number of benzene rings is 1. The van der Waals surface area contributed by atoms with Crippen molar-refractivity contribution < 1.29 is 0 Å². The van der Waals surface area contributed by atoms with Gasteiger partial charge in [-0.05, 0) is 42.9 Å². The minimum atomic E-state index is 0. The molecular weight excluding hydrogens is 273 g/mol. The predicted octanol–water partition coefficient (Wildman–Crippen LogP) is 3.98. The summed E-state index contributed by atoms with van der Waals surface area (Å²) in [4.78, 5) is 0. The molecule has 0 unspecified atom stereocenters. The molecule has 1 aliphatic rings. The number of hydrogen-bond donors (Lipinski definition) is 1. The quantitative estimate of drug-likeness (QED) is 0.876. The SMILES string of the molecule is Cc1ccc([C@@H](N)C2CCC2)cc1Br.Cl. The van der Waals surface area contributed by atoms with Crippen molar-refractivity contribution in [1.82, 2.24) is 0 Å². The van der Waals surface area contributed by atoms with Gasteiger partial charge in [-0.1, -0.05) is 34.5 Å². The third-order valence-corrected chi connectivity index (χ3v) is 4.09. The zero-order valence-corrected chi connectivity index (χ0v) is 11.3. The number of rotatable bonds is 2. The zero-order valence-electron chi connectivity index (χ0n) is 8.87. The Morgan fingerprint density at radius 2 is 2.07 bits per heavy atom. The van der Waals surface area contributed by atoms with Crippen molar-refractivity contribution in [2.24, 2.45) is 11.7 Å². The van der Waals surface area contributed by atoms with Crippen molar-refractivity contribution in [3.05, 3.63) is 33.8 Å². The summed E-state index contributed by atoms with van der Waals surface area (Å²) >= 11 is 3.55. The monoisotopic (exact) mass is 289 g/mol. The highest BCUT2D eigenvalue weighted by molar-refractivity contribution is 9.10. The number of hydrogen-bond acceptors (Lipinski definition) is 1. The van der Waals surface area contributed by atoms with Crippen molar-refractivity contribution in [2.45, 2.75) is 32.2 Å². The van der Waals surface area contributed by atoms with E-state index in [4.69, 9.17) is 5.73 Å². The Hall–Kier alpha value is -0.0500. The lowest BCUT2D eigenvalue weighted by atomic mass is 9.77. The predicted molar refractivity (Wildman–Crippen MR) is 70.4 cm³/mol. The average molecular weight is 291 g/mol. The van der Waals surface area contributed by atoms with Crippen LogP contribution in [0.4, 0.5) is 0 Å². The summed E-state index contributed by atoms with van der Waals surface area (Å²) in [5.41, 5.74) is 8.74. The van der Waals surface area contributed by atoms with Crippen LogP contribution in [0.15, 0.2) is 22.7 Å². The fraction of sp³-hybridized carbons (Fsp3) is 0.500. The van der Waals surface area contributed by atoms with E-state index in [9.17, 15) is 0 Å². The molecule has 2 rings (SSSR count). The van der Waals surface area contributed by atoms with Crippen LogP contribution in [0.5, 0.6) is 0 Å². The standard InChI is InChI=1S/C12H16BrN.ClH/c1-8-5-6-10(7-11(8)13)12(14)9-3-2-4-9;/h5-7,9,12H,2-4,14H2,1H3;1H/t12-;/m0./s1. The van der Waals surface area contributed by atoms with Gasteiger partial charge in [0.15, 0.2) is 0 Å². The third kappa shape index (κ3) is 2.74. The normalized spacial score (nSPS) is 17.8. The molecule has 1 atom stereocenters. The highest BCUT2D eigenvalue weighted by atomic mass is 79.9. The molecular formula is C12H17BrClN. The summed E-state index contributed by atoms with van der Waals surface area (Å²) in [6, 6.07) is 6.69. The maximum absolute atomic E-state index is 6.20. The molecule has 1 nitrogen and oxygen atoms in total. The lowest BCUT2D eigenvalue weighted by Crippen LogP contribution is -2.26. The molecule has 84 valence electrons. The minimum Gasteiger partial charge on any atom is -0.324 e. The van der Waals surface area contributed by atoms with Gasteiger partial charge in [-0.2, -0.15) is 0 Å². The molecule has 1 fully saturated rings. The number of aryl methyl sites for hydroxylation is 1. The fourth-order valence-corrected chi connectivity index (χ4v) is 2.28. The Bertz CT molecular complexity index is 336. The lowest BCUT2D eigenvalue weighted by Gasteiger charge is -2.31. The Balaban J connectivity index is 0.00000112. The summed E-state index contributed by atoms with van der Waals surface area (Å²) in [5, 5.41) is 0. The van der Waals surface area contributed by atoms with Crippen LogP contribution in [0, 0.1) is 12.8 Å². The lowest BCUT2D eigenvalue weighted by molar-refractivity contribution is 0.264. The molecule has 0 radical (unpaired) electrons. The van der Waals surface area contributed by atoms with Gasteiger partial charge in [0, 0.05) is 10.5 Å². The van der Waals surface area contributed by atoms with E-state index in [2.05, 4.69) is 41.1 Å². The highest BCUT2D eigenvalue weighted by Crippen LogP contribution is 2.36. The molecule has 3 heteroatoms. The van der Waals surface area contributed by atoms with Crippen LogP contribution >= 0.6 is 28.3 Å². The van der Waals surface area contributed by atoms with E-state index in [1.54, 1.807) is 0 Å². The summed E-state index contributed by atoms with van der Waals surface area (Å²) in [6.45, 7) is 2.10. The molecule has 1 aliphatic carbocycles. The molecule has 0 aliphatic heterocycles. The molecule has 0 aromatic heterocycles. The van der Waals surface area contributed by atoms with Gasteiger partial charge in [0.05, 0.1) is 0 Å². The van der Waals surface area contributed by atoms with Crippen LogP contribution < -0.4 is 5.73 Å². The first-order valence-corrected chi connectivity index (χ1v) is 5.99. The minimum absolute atomic E-state index is 0. The van der Waals surface area contributed by atoms with Gasteiger partial charge >= 0.3 is 0 Å². The van der Waals surface area contributed by atoms with Crippen LogP contribution in [0.3, 0.4) is 0 Å². The smallest absolute Gasteiger partial charge is 0.0323 e. The second kappa shape index (κ2) is 5.33. The van der Waals surface area contributed by atoms with Gasteiger partial charge in [0.1, 0.15) is 0 Å². The van der Waals surface area contributed by atoms with E-state index in [0.717, 1.165) is 0 Å². The molecule has 2 N–H and O–H groups in total. The second-order valence-corrected chi connectivity index (χ2v) is 5.08. The van der Waals surface area contributed by atoms with E-state index < -0.39 is 0 Å². The van der Waals surface area contributed by atoms with Gasteiger partial charge in [-0.3, -0.25) is 0 Å².